The van der Waals surface area contributed by atoms with Crippen LogP contribution in [-0.2, 0) is 17.9 Å². The molecule has 5 heteroatoms. The Morgan fingerprint density at radius 2 is 2.29 bits per heavy atom. The Hall–Kier alpha value is -1.46. The summed E-state index contributed by atoms with van der Waals surface area (Å²) in [7, 11) is 1.65. The largest absolute Gasteiger partial charge is 0.396 e. The first-order valence-corrected chi connectivity index (χ1v) is 5.68. The second-order valence-electron chi connectivity index (χ2n) is 4.05. The van der Waals surface area contributed by atoms with Crippen LogP contribution in [0.3, 0.4) is 0 Å². The molecular formula is C12H17N3O2. The molecule has 92 valence electrons. The van der Waals surface area contributed by atoms with E-state index in [1.807, 2.05) is 23.8 Å². The molecule has 0 aliphatic rings. The maximum Gasteiger partial charge on any atom is 0.160 e. The Balaban J connectivity index is 2.46. The Morgan fingerprint density at radius 1 is 1.47 bits per heavy atom. The summed E-state index contributed by atoms with van der Waals surface area (Å²) in [4.78, 5) is 8.91. The van der Waals surface area contributed by atoms with E-state index in [4.69, 9.17) is 9.84 Å². The maximum absolute atomic E-state index is 8.92. The van der Waals surface area contributed by atoms with Crippen molar-refractivity contribution in [3.8, 4) is 0 Å². The van der Waals surface area contributed by atoms with Crippen LogP contribution in [0.2, 0.25) is 0 Å². The topological polar surface area (TPSA) is 60.2 Å². The number of imidazole rings is 1. The highest BCUT2D eigenvalue weighted by molar-refractivity contribution is 5.72. The predicted molar refractivity (Wildman–Crippen MR) is 64.7 cm³/mol. The van der Waals surface area contributed by atoms with Crippen molar-refractivity contribution in [1.82, 2.24) is 14.5 Å². The molecule has 0 saturated carbocycles. The van der Waals surface area contributed by atoms with Gasteiger partial charge in [-0.2, -0.15) is 0 Å². The monoisotopic (exact) mass is 235 g/mol. The number of fused-ring (bicyclic) bond motifs is 1. The molecule has 2 aromatic rings. The van der Waals surface area contributed by atoms with Gasteiger partial charge in [-0.3, -0.25) is 0 Å². The molecule has 2 aromatic heterocycles. The molecule has 0 bridgehead atoms. The quantitative estimate of drug-likeness (QED) is 0.847. The van der Waals surface area contributed by atoms with E-state index in [0.29, 0.717) is 19.6 Å². The Bertz CT molecular complexity index is 508. The Kier molecular flexibility index (Phi) is 3.71. The molecule has 0 unspecified atom stereocenters. The summed E-state index contributed by atoms with van der Waals surface area (Å²) >= 11 is 0. The minimum Gasteiger partial charge on any atom is -0.396 e. The number of pyridine rings is 1. The molecular weight excluding hydrogens is 218 g/mol. The molecule has 17 heavy (non-hydrogen) atoms. The first-order chi connectivity index (χ1) is 8.26. The number of rotatable bonds is 5. The fourth-order valence-electron chi connectivity index (χ4n) is 1.86. The van der Waals surface area contributed by atoms with Gasteiger partial charge in [0.25, 0.3) is 0 Å². The lowest BCUT2D eigenvalue weighted by molar-refractivity contribution is 0.173. The molecule has 0 saturated heterocycles. The zero-order chi connectivity index (χ0) is 12.3. The summed E-state index contributed by atoms with van der Waals surface area (Å²) in [6.45, 7) is 3.33. The van der Waals surface area contributed by atoms with Crippen LogP contribution >= 0.6 is 0 Å². The Labute approximate surface area is 100 Å². The number of aliphatic hydroxyl groups excluding tert-OH is 1. The van der Waals surface area contributed by atoms with E-state index in [9.17, 15) is 0 Å². The van der Waals surface area contributed by atoms with Gasteiger partial charge in [-0.05, 0) is 25.0 Å². The highest BCUT2D eigenvalue weighted by Gasteiger charge is 2.11. The second kappa shape index (κ2) is 5.25. The molecule has 0 atom stereocenters. The average Bonchev–Trinajstić information content (AvgIpc) is 2.63. The number of aromatic nitrogens is 3. The number of hydrogen-bond donors (Lipinski definition) is 1. The molecule has 0 radical (unpaired) electrons. The van der Waals surface area contributed by atoms with E-state index in [0.717, 1.165) is 22.6 Å². The van der Waals surface area contributed by atoms with Crippen molar-refractivity contribution >= 4 is 11.2 Å². The third-order valence-electron chi connectivity index (χ3n) is 2.61. The van der Waals surface area contributed by atoms with Crippen LogP contribution in [0, 0.1) is 6.92 Å². The molecule has 0 aromatic carbocycles. The SMILES string of the molecule is COCc1nc2cc(C)cnc2n1CCCO. The van der Waals surface area contributed by atoms with Gasteiger partial charge in [0.2, 0.25) is 0 Å². The number of nitrogens with zero attached hydrogens (tertiary/aromatic N) is 3. The highest BCUT2D eigenvalue weighted by atomic mass is 16.5. The molecule has 0 aliphatic heterocycles. The summed E-state index contributed by atoms with van der Waals surface area (Å²) in [5.74, 6) is 0.856. The van der Waals surface area contributed by atoms with Crippen molar-refractivity contribution in [1.29, 1.82) is 0 Å². The fourth-order valence-corrected chi connectivity index (χ4v) is 1.86. The lowest BCUT2D eigenvalue weighted by Crippen LogP contribution is -2.07. The minimum atomic E-state index is 0.165. The summed E-state index contributed by atoms with van der Waals surface area (Å²) in [5.41, 5.74) is 2.83. The van der Waals surface area contributed by atoms with Crippen LogP contribution in [0.25, 0.3) is 11.2 Å². The number of ether oxygens (including phenoxy) is 1. The molecule has 2 heterocycles. The van der Waals surface area contributed by atoms with Gasteiger partial charge in [0.1, 0.15) is 17.9 Å². The third kappa shape index (κ3) is 2.45. The van der Waals surface area contributed by atoms with Crippen molar-refractivity contribution < 1.29 is 9.84 Å². The Morgan fingerprint density at radius 3 is 3.00 bits per heavy atom. The second-order valence-corrected chi connectivity index (χ2v) is 4.05. The van der Waals surface area contributed by atoms with Crippen LogP contribution in [-0.4, -0.2) is 33.4 Å². The van der Waals surface area contributed by atoms with Gasteiger partial charge in [0.15, 0.2) is 5.65 Å². The van der Waals surface area contributed by atoms with Crippen molar-refractivity contribution in [3.63, 3.8) is 0 Å². The van der Waals surface area contributed by atoms with Crippen LogP contribution in [0.1, 0.15) is 17.8 Å². The van der Waals surface area contributed by atoms with Gasteiger partial charge in [-0.1, -0.05) is 0 Å². The normalized spacial score (nSPS) is 11.2. The van der Waals surface area contributed by atoms with Gasteiger partial charge in [-0.25, -0.2) is 9.97 Å². The van der Waals surface area contributed by atoms with E-state index in [-0.39, 0.29) is 6.61 Å². The fraction of sp³-hybridized carbons (Fsp3) is 0.500. The molecule has 1 N–H and O–H groups in total. The lowest BCUT2D eigenvalue weighted by Gasteiger charge is -2.06. The highest BCUT2D eigenvalue weighted by Crippen LogP contribution is 2.16. The van der Waals surface area contributed by atoms with Crippen molar-refractivity contribution in [2.45, 2.75) is 26.5 Å². The van der Waals surface area contributed by atoms with E-state index in [1.165, 1.54) is 0 Å². The van der Waals surface area contributed by atoms with Crippen LogP contribution < -0.4 is 0 Å². The molecule has 5 nitrogen and oxygen atoms in total. The van der Waals surface area contributed by atoms with E-state index < -0.39 is 0 Å². The third-order valence-corrected chi connectivity index (χ3v) is 2.61. The summed E-state index contributed by atoms with van der Waals surface area (Å²) < 4.78 is 7.14. The van der Waals surface area contributed by atoms with E-state index >= 15 is 0 Å². The molecule has 0 amide bonds. The molecule has 0 spiro atoms. The predicted octanol–water partition coefficient (Wildman–Crippen LogP) is 1.27. The van der Waals surface area contributed by atoms with Crippen molar-refractivity contribution in [2.24, 2.45) is 0 Å². The van der Waals surface area contributed by atoms with Gasteiger partial charge >= 0.3 is 0 Å². The van der Waals surface area contributed by atoms with Gasteiger partial charge in [0, 0.05) is 26.5 Å². The van der Waals surface area contributed by atoms with Crippen LogP contribution in [0.4, 0.5) is 0 Å². The smallest absolute Gasteiger partial charge is 0.160 e. The molecule has 2 rings (SSSR count). The number of aryl methyl sites for hydroxylation is 2. The van der Waals surface area contributed by atoms with Gasteiger partial charge < -0.3 is 14.4 Å². The van der Waals surface area contributed by atoms with Crippen molar-refractivity contribution in [2.75, 3.05) is 13.7 Å². The van der Waals surface area contributed by atoms with Gasteiger partial charge in [0.05, 0.1) is 0 Å². The zero-order valence-electron chi connectivity index (χ0n) is 10.2. The van der Waals surface area contributed by atoms with Crippen LogP contribution in [0.5, 0.6) is 0 Å². The minimum absolute atomic E-state index is 0.165. The summed E-state index contributed by atoms with van der Waals surface area (Å²) in [6.07, 6.45) is 2.52. The number of methoxy groups -OCH3 is 1. The van der Waals surface area contributed by atoms with E-state index in [1.54, 1.807) is 7.11 Å². The van der Waals surface area contributed by atoms with E-state index in [2.05, 4.69) is 9.97 Å². The first-order valence-electron chi connectivity index (χ1n) is 5.68. The lowest BCUT2D eigenvalue weighted by atomic mass is 10.3. The zero-order valence-corrected chi connectivity index (χ0v) is 10.2. The van der Waals surface area contributed by atoms with Crippen molar-refractivity contribution in [3.05, 3.63) is 23.7 Å². The summed E-state index contributed by atoms with van der Waals surface area (Å²) in [5, 5.41) is 8.92. The number of aliphatic hydroxyl groups is 1. The number of hydrogen-bond acceptors (Lipinski definition) is 4. The molecule has 0 fully saturated rings. The maximum atomic E-state index is 8.92. The van der Waals surface area contributed by atoms with Crippen LogP contribution in [0.15, 0.2) is 12.3 Å². The van der Waals surface area contributed by atoms with Gasteiger partial charge in [-0.15, -0.1) is 0 Å². The average molecular weight is 235 g/mol. The standard InChI is InChI=1S/C12H17N3O2/c1-9-6-10-12(13-7-9)15(4-3-5-16)11(14-10)8-17-2/h6-7,16H,3-5,8H2,1-2H3. The first kappa shape index (κ1) is 12.0. The summed E-state index contributed by atoms with van der Waals surface area (Å²) in [6, 6.07) is 2.01. The molecule has 0 aliphatic carbocycles.